The molecule has 18 heavy (non-hydrogen) atoms. The molecule has 0 bridgehead atoms. The molecule has 1 heterocycles. The summed E-state index contributed by atoms with van der Waals surface area (Å²) >= 11 is 6.69. The van der Waals surface area contributed by atoms with Crippen LogP contribution in [0.3, 0.4) is 0 Å². The van der Waals surface area contributed by atoms with Gasteiger partial charge in [0.05, 0.1) is 10.2 Å². The number of rotatable bonds is 1. The highest BCUT2D eigenvalue weighted by molar-refractivity contribution is 7.80. The summed E-state index contributed by atoms with van der Waals surface area (Å²) in [7, 11) is 1.79. The van der Waals surface area contributed by atoms with E-state index in [2.05, 4.69) is 39.9 Å². The number of thiocarbonyl (C=S) groups is 1. The largest absolute Gasteiger partial charge is 0.365 e. The second-order valence-corrected chi connectivity index (χ2v) is 5.30. The summed E-state index contributed by atoms with van der Waals surface area (Å²) in [5, 5.41) is 9.74. The van der Waals surface area contributed by atoms with Crippen molar-refractivity contribution in [2.24, 2.45) is 0 Å². The van der Waals surface area contributed by atoms with E-state index >= 15 is 0 Å². The van der Waals surface area contributed by atoms with Crippen LogP contribution in [0.5, 0.6) is 0 Å². The smallest absolute Gasteiger partial charge is 0.190 e. The Bertz CT molecular complexity index is 733. The summed E-state index contributed by atoms with van der Waals surface area (Å²) in [6.07, 6.45) is 0. The Morgan fingerprint density at radius 2 is 2.06 bits per heavy atom. The van der Waals surface area contributed by atoms with Gasteiger partial charge in [0.15, 0.2) is 10.2 Å². The zero-order valence-corrected chi connectivity index (χ0v) is 11.4. The Kier molecular flexibility index (Phi) is 2.85. The molecule has 0 atom stereocenters. The summed E-state index contributed by atoms with van der Waals surface area (Å²) in [5.74, 6) is 0. The molecular formula is C13H11N3S2. The number of fused-ring (bicyclic) bond motifs is 3. The molecule has 2 N–H and O–H groups in total. The Hall–Kier alpha value is -1.72. The molecule has 2 aromatic carbocycles. The van der Waals surface area contributed by atoms with Gasteiger partial charge in [0, 0.05) is 12.4 Å². The molecule has 0 radical (unpaired) electrons. The highest BCUT2D eigenvalue weighted by Gasteiger charge is 2.07. The molecule has 1 aromatic heterocycles. The molecule has 90 valence electrons. The van der Waals surface area contributed by atoms with Crippen LogP contribution >= 0.6 is 23.6 Å². The molecule has 0 spiro atoms. The number of nitrogens with zero attached hydrogens (tertiary/aromatic N) is 1. The third-order valence-electron chi connectivity index (χ3n) is 2.73. The third-order valence-corrected chi connectivity index (χ3v) is 3.97. The van der Waals surface area contributed by atoms with Gasteiger partial charge >= 0.3 is 0 Å². The van der Waals surface area contributed by atoms with Gasteiger partial charge in [-0.25, -0.2) is 4.98 Å². The van der Waals surface area contributed by atoms with Crippen LogP contribution in [0.1, 0.15) is 0 Å². The van der Waals surface area contributed by atoms with E-state index in [9.17, 15) is 0 Å². The van der Waals surface area contributed by atoms with Crippen LogP contribution in [0.2, 0.25) is 0 Å². The Balaban J connectivity index is 2.16. The maximum Gasteiger partial charge on any atom is 0.190 e. The summed E-state index contributed by atoms with van der Waals surface area (Å²) in [5.41, 5.74) is 1.03. The first-order chi connectivity index (χ1) is 8.78. The molecule has 0 aliphatic heterocycles. The quantitative estimate of drug-likeness (QED) is 0.667. The lowest BCUT2D eigenvalue weighted by molar-refractivity contribution is 1.19. The maximum atomic E-state index is 5.08. The Labute approximate surface area is 114 Å². The van der Waals surface area contributed by atoms with Crippen molar-refractivity contribution in [3.05, 3.63) is 36.4 Å². The zero-order chi connectivity index (χ0) is 12.5. The van der Waals surface area contributed by atoms with E-state index in [0.717, 1.165) is 15.3 Å². The van der Waals surface area contributed by atoms with Crippen molar-refractivity contribution in [2.75, 3.05) is 12.4 Å². The summed E-state index contributed by atoms with van der Waals surface area (Å²) < 4.78 is 1.16. The third kappa shape index (κ3) is 1.91. The monoisotopic (exact) mass is 273 g/mol. The molecule has 0 fully saturated rings. The fourth-order valence-corrected chi connectivity index (χ4v) is 2.92. The summed E-state index contributed by atoms with van der Waals surface area (Å²) in [6, 6.07) is 12.5. The number of thiazole rings is 1. The molecule has 0 saturated carbocycles. The van der Waals surface area contributed by atoms with E-state index in [1.807, 2.05) is 12.1 Å². The lowest BCUT2D eigenvalue weighted by Crippen LogP contribution is -2.23. The number of aromatic nitrogens is 1. The van der Waals surface area contributed by atoms with E-state index in [0.29, 0.717) is 5.11 Å². The minimum Gasteiger partial charge on any atom is -0.365 e. The molecule has 0 aliphatic carbocycles. The molecule has 3 rings (SSSR count). The topological polar surface area (TPSA) is 37.0 Å². The van der Waals surface area contributed by atoms with E-state index in [4.69, 9.17) is 12.2 Å². The lowest BCUT2D eigenvalue weighted by atomic mass is 10.1. The average Bonchev–Trinajstić information content (AvgIpc) is 2.81. The van der Waals surface area contributed by atoms with Gasteiger partial charge in [0.2, 0.25) is 0 Å². The molecule has 0 unspecified atom stereocenters. The van der Waals surface area contributed by atoms with Gasteiger partial charge in [-0.3, -0.25) is 0 Å². The molecule has 0 saturated heterocycles. The van der Waals surface area contributed by atoms with Crippen LogP contribution in [0.4, 0.5) is 5.13 Å². The average molecular weight is 273 g/mol. The number of anilines is 1. The zero-order valence-electron chi connectivity index (χ0n) is 9.73. The SMILES string of the molecule is CNC(=S)Nc1nc2c(ccc3ccccc32)s1. The van der Waals surface area contributed by atoms with Crippen molar-refractivity contribution >= 4 is 54.8 Å². The van der Waals surface area contributed by atoms with Gasteiger partial charge in [-0.1, -0.05) is 41.7 Å². The van der Waals surface area contributed by atoms with Crippen molar-refractivity contribution < 1.29 is 0 Å². The van der Waals surface area contributed by atoms with Crippen molar-refractivity contribution in [1.29, 1.82) is 0 Å². The van der Waals surface area contributed by atoms with Crippen molar-refractivity contribution in [3.8, 4) is 0 Å². The second kappa shape index (κ2) is 4.51. The molecule has 3 nitrogen and oxygen atoms in total. The second-order valence-electron chi connectivity index (χ2n) is 3.86. The van der Waals surface area contributed by atoms with E-state index < -0.39 is 0 Å². The van der Waals surface area contributed by atoms with Crippen molar-refractivity contribution in [3.63, 3.8) is 0 Å². The van der Waals surface area contributed by atoms with Crippen LogP contribution in [-0.2, 0) is 0 Å². The predicted octanol–water partition coefficient (Wildman–Crippen LogP) is 3.37. The summed E-state index contributed by atoms with van der Waals surface area (Å²) in [4.78, 5) is 4.61. The summed E-state index contributed by atoms with van der Waals surface area (Å²) in [6.45, 7) is 0. The Morgan fingerprint density at radius 1 is 1.22 bits per heavy atom. The number of hydrogen-bond acceptors (Lipinski definition) is 3. The van der Waals surface area contributed by atoms with Crippen LogP contribution in [-0.4, -0.2) is 17.1 Å². The fourth-order valence-electron chi connectivity index (χ4n) is 1.87. The van der Waals surface area contributed by atoms with Crippen molar-refractivity contribution in [1.82, 2.24) is 10.3 Å². The van der Waals surface area contributed by atoms with E-state index in [-0.39, 0.29) is 0 Å². The predicted molar refractivity (Wildman–Crippen MR) is 82.4 cm³/mol. The van der Waals surface area contributed by atoms with E-state index in [1.54, 1.807) is 18.4 Å². The molecule has 5 heteroatoms. The number of hydrogen-bond donors (Lipinski definition) is 2. The first-order valence-corrected chi connectivity index (χ1v) is 6.77. The van der Waals surface area contributed by atoms with Crippen LogP contribution < -0.4 is 10.6 Å². The van der Waals surface area contributed by atoms with Gasteiger partial charge < -0.3 is 10.6 Å². The molecule has 0 aliphatic rings. The van der Waals surface area contributed by atoms with Gasteiger partial charge in [-0.2, -0.15) is 0 Å². The normalized spacial score (nSPS) is 10.7. The first-order valence-electron chi connectivity index (χ1n) is 5.55. The highest BCUT2D eigenvalue weighted by Crippen LogP contribution is 2.31. The standard InChI is InChI=1S/C13H11N3S2/c1-14-12(17)16-13-15-11-9-5-3-2-4-8(9)6-7-10(11)18-13/h2-7H,1H3,(H2,14,15,16,17). The van der Waals surface area contributed by atoms with Gasteiger partial charge in [0.1, 0.15) is 0 Å². The molecular weight excluding hydrogens is 262 g/mol. The highest BCUT2D eigenvalue weighted by atomic mass is 32.1. The van der Waals surface area contributed by atoms with Gasteiger partial charge in [-0.05, 0) is 23.7 Å². The first kappa shape index (κ1) is 11.4. The van der Waals surface area contributed by atoms with Gasteiger partial charge in [-0.15, -0.1) is 0 Å². The van der Waals surface area contributed by atoms with Crippen LogP contribution in [0.15, 0.2) is 36.4 Å². The molecule has 0 amide bonds. The van der Waals surface area contributed by atoms with E-state index in [1.165, 1.54) is 10.8 Å². The van der Waals surface area contributed by atoms with Gasteiger partial charge in [0.25, 0.3) is 0 Å². The minimum atomic E-state index is 0.582. The minimum absolute atomic E-state index is 0.582. The lowest BCUT2D eigenvalue weighted by Gasteiger charge is -2.01. The van der Waals surface area contributed by atoms with Crippen LogP contribution in [0.25, 0.3) is 21.0 Å². The Morgan fingerprint density at radius 3 is 2.89 bits per heavy atom. The fraction of sp³-hybridized carbons (Fsp3) is 0.0769. The number of benzene rings is 2. The number of nitrogens with one attached hydrogen (secondary N) is 2. The molecule has 3 aromatic rings. The van der Waals surface area contributed by atoms with Crippen LogP contribution in [0, 0.1) is 0 Å². The maximum absolute atomic E-state index is 5.08. The van der Waals surface area contributed by atoms with Crippen molar-refractivity contribution in [2.45, 2.75) is 0 Å².